The first kappa shape index (κ1) is 15.2. The average molecular weight is 310 g/mol. The highest BCUT2D eigenvalue weighted by Gasteiger charge is 2.33. The summed E-state index contributed by atoms with van der Waals surface area (Å²) in [6.07, 6.45) is 2.49. The van der Waals surface area contributed by atoms with Crippen LogP contribution in [-0.4, -0.2) is 42.1 Å². The van der Waals surface area contributed by atoms with E-state index in [4.69, 9.17) is 4.74 Å². The van der Waals surface area contributed by atoms with Crippen molar-refractivity contribution in [3.8, 4) is 5.75 Å². The van der Waals surface area contributed by atoms with Crippen LogP contribution in [0.25, 0.3) is 0 Å². The van der Waals surface area contributed by atoms with Crippen molar-refractivity contribution in [1.29, 1.82) is 0 Å². The van der Waals surface area contributed by atoms with Crippen molar-refractivity contribution in [1.82, 2.24) is 10.2 Å². The molecule has 120 valence electrons. The molecule has 4 nitrogen and oxygen atoms in total. The molecular weight excluding hydrogens is 290 g/mol. The van der Waals surface area contributed by atoms with Gasteiger partial charge in [0.25, 0.3) is 5.91 Å². The number of halogens is 2. The Morgan fingerprint density at radius 2 is 2.05 bits per heavy atom. The molecule has 0 aliphatic carbocycles. The monoisotopic (exact) mass is 310 g/mol. The summed E-state index contributed by atoms with van der Waals surface area (Å²) in [7, 11) is 0. The normalized spacial score (nSPS) is 25.7. The van der Waals surface area contributed by atoms with Gasteiger partial charge in [-0.05, 0) is 38.3 Å². The third-order valence-electron chi connectivity index (χ3n) is 4.39. The van der Waals surface area contributed by atoms with Crippen LogP contribution in [0, 0.1) is 11.6 Å². The highest BCUT2D eigenvalue weighted by Crippen LogP contribution is 2.22. The molecule has 3 atom stereocenters. The number of likely N-dealkylation sites (tertiary alicyclic amines) is 1. The largest absolute Gasteiger partial charge is 0.481 e. The van der Waals surface area contributed by atoms with Gasteiger partial charge in [0, 0.05) is 31.2 Å². The van der Waals surface area contributed by atoms with Gasteiger partial charge in [-0.2, -0.15) is 0 Å². The fraction of sp³-hybridized carbons (Fsp3) is 0.562. The molecule has 2 saturated heterocycles. The molecule has 22 heavy (non-hydrogen) atoms. The molecule has 2 aliphatic heterocycles. The van der Waals surface area contributed by atoms with E-state index in [0.717, 1.165) is 25.0 Å². The Morgan fingerprint density at radius 3 is 2.82 bits per heavy atom. The van der Waals surface area contributed by atoms with E-state index in [1.807, 2.05) is 0 Å². The zero-order valence-electron chi connectivity index (χ0n) is 12.5. The molecule has 1 aromatic rings. The van der Waals surface area contributed by atoms with E-state index >= 15 is 0 Å². The first-order chi connectivity index (χ1) is 10.5. The van der Waals surface area contributed by atoms with E-state index in [-0.39, 0.29) is 11.7 Å². The number of fused-ring (bicyclic) bond motifs is 2. The molecule has 0 saturated carbocycles. The van der Waals surface area contributed by atoms with E-state index in [9.17, 15) is 13.6 Å². The van der Waals surface area contributed by atoms with Gasteiger partial charge in [0.1, 0.15) is 5.75 Å². The fourth-order valence-corrected chi connectivity index (χ4v) is 3.20. The number of carbonyl (C=O) groups excluding carboxylic acids is 1. The van der Waals surface area contributed by atoms with Gasteiger partial charge in [-0.1, -0.05) is 0 Å². The van der Waals surface area contributed by atoms with Gasteiger partial charge in [-0.3, -0.25) is 4.79 Å². The Labute approximate surface area is 128 Å². The van der Waals surface area contributed by atoms with Gasteiger partial charge in [0.2, 0.25) is 0 Å². The Kier molecular flexibility index (Phi) is 4.29. The number of nitrogens with one attached hydrogen (secondary N) is 1. The summed E-state index contributed by atoms with van der Waals surface area (Å²) in [6, 6.07) is 4.15. The topological polar surface area (TPSA) is 41.6 Å². The van der Waals surface area contributed by atoms with Crippen LogP contribution in [-0.2, 0) is 4.79 Å². The lowest BCUT2D eigenvalue weighted by atomic mass is 10.1. The maximum Gasteiger partial charge on any atom is 0.263 e. The Hall–Kier alpha value is -1.69. The quantitative estimate of drug-likeness (QED) is 0.929. The number of hydrogen-bond donors (Lipinski definition) is 1. The van der Waals surface area contributed by atoms with Gasteiger partial charge in [-0.15, -0.1) is 0 Å². The van der Waals surface area contributed by atoms with Crippen molar-refractivity contribution in [3.05, 3.63) is 29.8 Å². The summed E-state index contributed by atoms with van der Waals surface area (Å²) in [6.45, 7) is 3.03. The highest BCUT2D eigenvalue weighted by atomic mass is 19.2. The molecule has 1 N–H and O–H groups in total. The molecule has 2 fully saturated rings. The predicted octanol–water partition coefficient (Wildman–Crippen LogP) is 2.08. The lowest BCUT2D eigenvalue weighted by Gasteiger charge is -2.27. The SMILES string of the molecule is CC(Oc1ccc(F)c(F)c1)C(=O)N1CCC2CCC(C1)N2. The van der Waals surface area contributed by atoms with Gasteiger partial charge >= 0.3 is 0 Å². The number of ether oxygens (including phenoxy) is 1. The number of amides is 1. The van der Waals surface area contributed by atoms with Crippen LogP contribution in [0.2, 0.25) is 0 Å². The first-order valence-electron chi connectivity index (χ1n) is 7.69. The molecule has 2 aliphatic rings. The molecular formula is C16H20F2N2O2. The van der Waals surface area contributed by atoms with Gasteiger partial charge in [0.05, 0.1) is 0 Å². The number of hydrogen-bond acceptors (Lipinski definition) is 3. The van der Waals surface area contributed by atoms with Gasteiger partial charge in [-0.25, -0.2) is 8.78 Å². The van der Waals surface area contributed by atoms with Crippen LogP contribution < -0.4 is 10.1 Å². The molecule has 1 amide bonds. The zero-order chi connectivity index (χ0) is 15.7. The number of benzene rings is 1. The molecule has 3 unspecified atom stereocenters. The third-order valence-corrected chi connectivity index (χ3v) is 4.39. The lowest BCUT2D eigenvalue weighted by Crippen LogP contribution is -2.44. The van der Waals surface area contributed by atoms with E-state index in [1.54, 1.807) is 11.8 Å². The van der Waals surface area contributed by atoms with Crippen LogP contribution >= 0.6 is 0 Å². The number of carbonyl (C=O) groups is 1. The van der Waals surface area contributed by atoms with Crippen LogP contribution in [0.15, 0.2) is 18.2 Å². The smallest absolute Gasteiger partial charge is 0.263 e. The van der Waals surface area contributed by atoms with Crippen LogP contribution in [0.1, 0.15) is 26.2 Å². The van der Waals surface area contributed by atoms with Crippen LogP contribution in [0.4, 0.5) is 8.78 Å². The molecule has 0 radical (unpaired) electrons. The number of rotatable bonds is 3. The summed E-state index contributed by atoms with van der Waals surface area (Å²) in [4.78, 5) is 14.3. The maximum absolute atomic E-state index is 13.2. The summed E-state index contributed by atoms with van der Waals surface area (Å²) in [5.74, 6) is -1.86. The van der Waals surface area contributed by atoms with Crippen LogP contribution in [0.5, 0.6) is 5.75 Å². The van der Waals surface area contributed by atoms with Crippen molar-refractivity contribution in [3.63, 3.8) is 0 Å². The van der Waals surface area contributed by atoms with Crippen molar-refractivity contribution in [2.45, 2.75) is 44.4 Å². The molecule has 2 bridgehead atoms. The molecule has 3 rings (SSSR count). The minimum atomic E-state index is -0.978. The molecule has 2 heterocycles. The Morgan fingerprint density at radius 1 is 1.27 bits per heavy atom. The Bertz CT molecular complexity index is 567. The standard InChI is InChI=1S/C16H20F2N2O2/c1-10(22-13-4-5-14(17)15(18)8-13)16(21)20-7-6-11-2-3-12(9-20)19-11/h4-5,8,10-12,19H,2-3,6-7,9H2,1H3. The fourth-order valence-electron chi connectivity index (χ4n) is 3.20. The third kappa shape index (κ3) is 3.21. The van der Waals surface area contributed by atoms with Crippen molar-refractivity contribution in [2.75, 3.05) is 13.1 Å². The van der Waals surface area contributed by atoms with E-state index in [0.29, 0.717) is 25.2 Å². The molecule has 0 aromatic heterocycles. The second kappa shape index (κ2) is 6.20. The van der Waals surface area contributed by atoms with Crippen molar-refractivity contribution < 1.29 is 18.3 Å². The Balaban J connectivity index is 1.62. The highest BCUT2D eigenvalue weighted by molar-refractivity contribution is 5.81. The van der Waals surface area contributed by atoms with E-state index < -0.39 is 17.7 Å². The van der Waals surface area contributed by atoms with Crippen LogP contribution in [0.3, 0.4) is 0 Å². The van der Waals surface area contributed by atoms with Gasteiger partial charge < -0.3 is 15.0 Å². The second-order valence-corrected chi connectivity index (χ2v) is 6.05. The maximum atomic E-state index is 13.2. The molecule has 1 aromatic carbocycles. The van der Waals surface area contributed by atoms with Gasteiger partial charge in [0.15, 0.2) is 17.7 Å². The van der Waals surface area contributed by atoms with Crippen molar-refractivity contribution in [2.24, 2.45) is 0 Å². The number of nitrogens with zero attached hydrogens (tertiary/aromatic N) is 1. The molecule has 0 spiro atoms. The minimum absolute atomic E-state index is 0.112. The summed E-state index contributed by atoms with van der Waals surface area (Å²) < 4.78 is 31.6. The summed E-state index contributed by atoms with van der Waals surface area (Å²) in [5.41, 5.74) is 0. The predicted molar refractivity (Wildman–Crippen MR) is 77.6 cm³/mol. The lowest BCUT2D eigenvalue weighted by molar-refractivity contribution is -0.138. The minimum Gasteiger partial charge on any atom is -0.481 e. The van der Waals surface area contributed by atoms with E-state index in [2.05, 4.69) is 5.32 Å². The average Bonchev–Trinajstić information content (AvgIpc) is 2.81. The summed E-state index contributed by atoms with van der Waals surface area (Å²) >= 11 is 0. The van der Waals surface area contributed by atoms with E-state index in [1.165, 1.54) is 12.5 Å². The summed E-state index contributed by atoms with van der Waals surface area (Å²) in [5, 5.41) is 3.51. The van der Waals surface area contributed by atoms with Crippen molar-refractivity contribution >= 4 is 5.91 Å². The zero-order valence-corrected chi connectivity index (χ0v) is 12.5. The first-order valence-corrected chi connectivity index (χ1v) is 7.69. The second-order valence-electron chi connectivity index (χ2n) is 6.05. The molecule has 6 heteroatoms.